The van der Waals surface area contributed by atoms with Crippen LogP contribution < -0.4 is 0 Å². The highest BCUT2D eigenvalue weighted by Gasteiger charge is 2.06. The Morgan fingerprint density at radius 3 is 2.71 bits per heavy atom. The van der Waals surface area contributed by atoms with Gasteiger partial charge in [0.25, 0.3) is 0 Å². The molecule has 1 rings (SSSR count). The zero-order valence-corrected chi connectivity index (χ0v) is 9.70. The van der Waals surface area contributed by atoms with Gasteiger partial charge in [-0.25, -0.2) is 4.39 Å². The predicted octanol–water partition coefficient (Wildman–Crippen LogP) is 2.60. The molecule has 0 aliphatic heterocycles. The van der Waals surface area contributed by atoms with Gasteiger partial charge in [-0.2, -0.15) is 0 Å². The first-order chi connectivity index (χ1) is 8.04. The number of Topliss-reactive ketones (excluding diaryl/α,β-unsaturated/α-hetero) is 1. The Bertz CT molecular complexity index is 464. The molecule has 0 aliphatic carbocycles. The number of hydrogen-bond acceptors (Lipinski definition) is 3. The van der Waals surface area contributed by atoms with Gasteiger partial charge in [0.05, 0.1) is 13.5 Å². The van der Waals surface area contributed by atoms with Crippen LogP contribution in [0, 0.1) is 5.82 Å². The number of rotatable bonds is 4. The molecule has 0 amide bonds. The van der Waals surface area contributed by atoms with Gasteiger partial charge in [0.15, 0.2) is 5.78 Å². The molecule has 0 N–H and O–H groups in total. The van der Waals surface area contributed by atoms with Crippen molar-refractivity contribution in [3.05, 3.63) is 41.2 Å². The molecule has 0 spiro atoms. The number of halogens is 1. The Morgan fingerprint density at radius 2 is 2.12 bits per heavy atom. The average Bonchev–Trinajstić information content (AvgIpc) is 2.28. The number of hydrogen-bond donors (Lipinski definition) is 0. The summed E-state index contributed by atoms with van der Waals surface area (Å²) in [5.74, 6) is -0.961. The van der Waals surface area contributed by atoms with Crippen molar-refractivity contribution in [3.63, 3.8) is 0 Å². The van der Waals surface area contributed by atoms with Gasteiger partial charge in [-0.15, -0.1) is 0 Å². The second-order valence-electron chi connectivity index (χ2n) is 3.47. The van der Waals surface area contributed by atoms with E-state index >= 15 is 0 Å². The smallest absolute Gasteiger partial charge is 0.309 e. The summed E-state index contributed by atoms with van der Waals surface area (Å²) in [6.07, 6.45) is 3.16. The van der Waals surface area contributed by atoms with Crippen molar-refractivity contribution in [1.82, 2.24) is 0 Å². The largest absolute Gasteiger partial charge is 0.469 e. The molecular weight excluding hydrogens is 223 g/mol. The van der Waals surface area contributed by atoms with Gasteiger partial charge >= 0.3 is 5.97 Å². The van der Waals surface area contributed by atoms with E-state index in [4.69, 9.17) is 0 Å². The minimum absolute atomic E-state index is 0.0877. The van der Waals surface area contributed by atoms with E-state index in [0.717, 1.165) is 0 Å². The first-order valence-electron chi connectivity index (χ1n) is 5.08. The lowest BCUT2D eigenvalue weighted by Crippen LogP contribution is -1.98. The molecule has 0 saturated heterocycles. The maximum atomic E-state index is 13.0. The number of methoxy groups -OCH3 is 1. The zero-order valence-electron chi connectivity index (χ0n) is 9.70. The van der Waals surface area contributed by atoms with Crippen LogP contribution in [0.1, 0.15) is 29.3 Å². The fourth-order valence-corrected chi connectivity index (χ4v) is 1.36. The third kappa shape index (κ3) is 3.83. The summed E-state index contributed by atoms with van der Waals surface area (Å²) < 4.78 is 17.5. The van der Waals surface area contributed by atoms with Crippen molar-refractivity contribution in [2.45, 2.75) is 13.3 Å². The van der Waals surface area contributed by atoms with E-state index in [9.17, 15) is 14.0 Å². The number of benzene rings is 1. The van der Waals surface area contributed by atoms with E-state index in [1.54, 1.807) is 0 Å². The fourth-order valence-electron chi connectivity index (χ4n) is 1.36. The first-order valence-corrected chi connectivity index (χ1v) is 5.08. The normalized spacial score (nSPS) is 10.5. The molecule has 17 heavy (non-hydrogen) atoms. The Kier molecular flexibility index (Phi) is 4.57. The minimum atomic E-state index is -0.423. The summed E-state index contributed by atoms with van der Waals surface area (Å²) in [6.45, 7) is 1.41. The molecule has 0 heterocycles. The summed E-state index contributed by atoms with van der Waals surface area (Å²) in [5, 5.41) is 0. The van der Waals surface area contributed by atoms with Crippen LogP contribution in [0.3, 0.4) is 0 Å². The molecule has 0 radical (unpaired) electrons. The second kappa shape index (κ2) is 5.94. The Labute approximate surface area is 98.9 Å². The lowest BCUT2D eigenvalue weighted by Gasteiger charge is -2.02. The monoisotopic (exact) mass is 236 g/mol. The Morgan fingerprint density at radius 1 is 1.41 bits per heavy atom. The average molecular weight is 236 g/mol. The number of esters is 1. The fraction of sp³-hybridized carbons (Fsp3) is 0.231. The van der Waals surface area contributed by atoms with Gasteiger partial charge in [0.1, 0.15) is 5.82 Å². The van der Waals surface area contributed by atoms with E-state index < -0.39 is 5.82 Å². The van der Waals surface area contributed by atoms with Crippen LogP contribution in [0.15, 0.2) is 24.3 Å². The third-order valence-corrected chi connectivity index (χ3v) is 2.20. The van der Waals surface area contributed by atoms with E-state index in [2.05, 4.69) is 4.74 Å². The molecule has 90 valence electrons. The summed E-state index contributed by atoms with van der Waals surface area (Å²) in [6, 6.07) is 3.91. The van der Waals surface area contributed by atoms with Gasteiger partial charge in [-0.05, 0) is 30.7 Å². The third-order valence-electron chi connectivity index (χ3n) is 2.20. The molecular formula is C13H13FO3. The summed E-state index contributed by atoms with van der Waals surface area (Å²) >= 11 is 0. The molecule has 0 unspecified atom stereocenters. The van der Waals surface area contributed by atoms with Crippen LogP contribution in [0.25, 0.3) is 6.08 Å². The molecule has 0 aliphatic rings. The van der Waals surface area contributed by atoms with Gasteiger partial charge in [0, 0.05) is 5.56 Å². The van der Waals surface area contributed by atoms with Crippen LogP contribution in [0.4, 0.5) is 4.39 Å². The second-order valence-corrected chi connectivity index (χ2v) is 3.47. The van der Waals surface area contributed by atoms with Gasteiger partial charge in [-0.3, -0.25) is 9.59 Å². The topological polar surface area (TPSA) is 43.4 Å². The molecule has 0 bridgehead atoms. The van der Waals surface area contributed by atoms with Crippen LogP contribution in [0.2, 0.25) is 0 Å². The Balaban J connectivity index is 2.92. The minimum Gasteiger partial charge on any atom is -0.469 e. The van der Waals surface area contributed by atoms with Crippen LogP contribution in [-0.2, 0) is 9.53 Å². The zero-order chi connectivity index (χ0) is 12.8. The van der Waals surface area contributed by atoms with Gasteiger partial charge in [0.2, 0.25) is 0 Å². The van der Waals surface area contributed by atoms with Crippen LogP contribution in [-0.4, -0.2) is 18.9 Å². The maximum Gasteiger partial charge on any atom is 0.309 e. The highest BCUT2D eigenvalue weighted by Crippen LogP contribution is 2.14. The van der Waals surface area contributed by atoms with Crippen molar-refractivity contribution in [1.29, 1.82) is 0 Å². The van der Waals surface area contributed by atoms with Crippen molar-refractivity contribution in [3.8, 4) is 0 Å². The quantitative estimate of drug-likeness (QED) is 0.596. The predicted molar refractivity (Wildman–Crippen MR) is 62.1 cm³/mol. The molecule has 3 nitrogen and oxygen atoms in total. The van der Waals surface area contributed by atoms with E-state index in [0.29, 0.717) is 11.1 Å². The maximum absolute atomic E-state index is 13.0. The molecule has 1 aromatic rings. The first kappa shape index (κ1) is 13.1. The van der Waals surface area contributed by atoms with E-state index in [-0.39, 0.29) is 18.2 Å². The lowest BCUT2D eigenvalue weighted by atomic mass is 10.0. The number of carbonyl (C=O) groups is 2. The molecule has 4 heteroatoms. The van der Waals surface area contributed by atoms with Crippen molar-refractivity contribution < 1.29 is 18.7 Å². The molecule has 0 saturated carbocycles. The van der Waals surface area contributed by atoms with Crippen LogP contribution in [0.5, 0.6) is 0 Å². The summed E-state index contributed by atoms with van der Waals surface area (Å²) in [5.41, 5.74) is 0.883. The lowest BCUT2D eigenvalue weighted by molar-refractivity contribution is -0.139. The number of ketones is 1. The summed E-state index contributed by atoms with van der Waals surface area (Å²) in [4.78, 5) is 22.2. The van der Waals surface area contributed by atoms with Crippen molar-refractivity contribution >= 4 is 17.8 Å². The highest BCUT2D eigenvalue weighted by atomic mass is 19.1. The Hall–Kier alpha value is -1.97. The van der Waals surface area contributed by atoms with Crippen molar-refractivity contribution in [2.24, 2.45) is 0 Å². The molecule has 0 atom stereocenters. The molecule has 1 aromatic carbocycles. The van der Waals surface area contributed by atoms with Crippen LogP contribution >= 0.6 is 0 Å². The highest BCUT2D eigenvalue weighted by molar-refractivity contribution is 5.97. The van der Waals surface area contributed by atoms with Gasteiger partial charge in [-0.1, -0.05) is 12.2 Å². The standard InChI is InChI=1S/C13H13FO3/c1-9(15)12-7-6-11(14)8-10(12)4-3-5-13(16)17-2/h3-4,6-8H,5H2,1-2H3. The van der Waals surface area contributed by atoms with E-state index in [1.165, 1.54) is 44.4 Å². The van der Waals surface area contributed by atoms with Crippen molar-refractivity contribution in [2.75, 3.05) is 7.11 Å². The number of carbonyl (C=O) groups excluding carboxylic acids is 2. The molecule has 0 aromatic heterocycles. The number of ether oxygens (including phenoxy) is 1. The SMILES string of the molecule is COC(=O)CC=Cc1cc(F)ccc1C(C)=O. The van der Waals surface area contributed by atoms with E-state index in [1.807, 2.05) is 0 Å². The summed E-state index contributed by atoms with van der Waals surface area (Å²) in [7, 11) is 1.29. The molecule has 0 fully saturated rings. The van der Waals surface area contributed by atoms with Gasteiger partial charge < -0.3 is 4.74 Å².